The minimum absolute atomic E-state index is 0.00769. The van der Waals surface area contributed by atoms with Gasteiger partial charge in [-0.2, -0.15) is 26.3 Å². The Morgan fingerprint density at radius 2 is 1.00 bits per heavy atom. The number of imidazole rings is 2. The van der Waals surface area contributed by atoms with E-state index in [0.717, 1.165) is 41.0 Å². The molecule has 0 aliphatic carbocycles. The Labute approximate surface area is 402 Å². The van der Waals surface area contributed by atoms with E-state index in [2.05, 4.69) is 20.0 Å². The second-order valence-corrected chi connectivity index (χ2v) is 16.0. The minimum atomic E-state index is -4.40. The van der Waals surface area contributed by atoms with Crippen LogP contribution in [0.2, 0.25) is 0 Å². The van der Waals surface area contributed by atoms with Crippen LogP contribution in [-0.4, -0.2) is 61.9 Å². The topological polar surface area (TPSA) is 180 Å². The number of pyridine rings is 2. The maximum absolute atomic E-state index is 13.1. The summed E-state index contributed by atoms with van der Waals surface area (Å²) in [5.41, 5.74) is 10.9. The lowest BCUT2D eigenvalue weighted by Crippen LogP contribution is -2.27. The van der Waals surface area contributed by atoms with Gasteiger partial charge in [-0.3, -0.25) is 4.79 Å². The van der Waals surface area contributed by atoms with Gasteiger partial charge in [0.1, 0.15) is 12.7 Å². The number of carboxylic acids is 1. The SMILES string of the molecule is COC(=O)c1ccc([C@H](C)N)cc1.COC(=O)c1ccc([C@H](C)NC(=O)c2ncn3cccc(Cc4ccc(C(F)(F)F)cc4)c23)cc1.O=C(O)c1ncn2cccc(Cc3ccc(C(F)(F)F)cc3)c12. The molecule has 4 heterocycles. The van der Waals surface area contributed by atoms with Gasteiger partial charge in [0.05, 0.1) is 53.5 Å². The molecule has 19 heteroatoms. The molecule has 8 rings (SSSR count). The highest BCUT2D eigenvalue weighted by molar-refractivity contribution is 6.00. The number of aromatic carboxylic acids is 1. The van der Waals surface area contributed by atoms with Crippen molar-refractivity contribution in [3.63, 3.8) is 0 Å². The van der Waals surface area contributed by atoms with Crippen molar-refractivity contribution in [2.75, 3.05) is 14.2 Å². The van der Waals surface area contributed by atoms with Gasteiger partial charge in [0.25, 0.3) is 5.91 Å². The summed E-state index contributed by atoms with van der Waals surface area (Å²) in [6.07, 6.45) is -1.78. The number of amides is 1. The third-order valence-electron chi connectivity index (χ3n) is 11.1. The first-order valence-corrected chi connectivity index (χ1v) is 21.6. The highest BCUT2D eigenvalue weighted by atomic mass is 19.4. The van der Waals surface area contributed by atoms with E-state index in [-0.39, 0.29) is 29.4 Å². The third kappa shape index (κ3) is 13.1. The van der Waals surface area contributed by atoms with Crippen molar-refractivity contribution in [3.8, 4) is 0 Å². The second kappa shape index (κ2) is 22.4. The van der Waals surface area contributed by atoms with Crippen LogP contribution in [0.3, 0.4) is 0 Å². The number of benzene rings is 4. The zero-order chi connectivity index (χ0) is 51.6. The summed E-state index contributed by atoms with van der Waals surface area (Å²) >= 11 is 0. The Hall–Kier alpha value is -8.32. The summed E-state index contributed by atoms with van der Waals surface area (Å²) in [6.45, 7) is 3.71. The maximum Gasteiger partial charge on any atom is 0.416 e. The van der Waals surface area contributed by atoms with Crippen LogP contribution in [-0.2, 0) is 34.7 Å². The zero-order valence-electron chi connectivity index (χ0n) is 38.5. The van der Waals surface area contributed by atoms with Crippen LogP contribution in [0.25, 0.3) is 11.0 Å². The fourth-order valence-electron chi connectivity index (χ4n) is 7.33. The Bertz CT molecular complexity index is 3130. The fourth-order valence-corrected chi connectivity index (χ4v) is 7.33. The third-order valence-corrected chi connectivity index (χ3v) is 11.1. The van der Waals surface area contributed by atoms with Crippen molar-refractivity contribution in [1.82, 2.24) is 24.1 Å². The molecule has 4 aromatic carbocycles. The maximum atomic E-state index is 13.1. The van der Waals surface area contributed by atoms with E-state index < -0.39 is 41.3 Å². The number of fused-ring (bicyclic) bond motifs is 2. The molecule has 368 valence electrons. The molecule has 2 atom stereocenters. The van der Waals surface area contributed by atoms with E-state index in [1.165, 1.54) is 51.1 Å². The number of nitrogens with two attached hydrogens (primary N) is 1. The van der Waals surface area contributed by atoms with E-state index in [1.807, 2.05) is 32.0 Å². The molecule has 0 saturated heterocycles. The van der Waals surface area contributed by atoms with Crippen LogP contribution in [0, 0.1) is 0 Å². The molecule has 0 aliphatic heterocycles. The molecular weight excluding hydrogens is 935 g/mol. The molecule has 13 nitrogen and oxygen atoms in total. The predicted molar refractivity (Wildman–Crippen MR) is 250 cm³/mol. The van der Waals surface area contributed by atoms with Gasteiger partial charge in [0.2, 0.25) is 0 Å². The molecule has 0 aliphatic rings. The van der Waals surface area contributed by atoms with Crippen molar-refractivity contribution in [2.24, 2.45) is 5.73 Å². The Morgan fingerprint density at radius 1 is 0.606 bits per heavy atom. The second-order valence-electron chi connectivity index (χ2n) is 16.0. The quantitative estimate of drug-likeness (QED) is 0.0834. The molecule has 0 bridgehead atoms. The summed E-state index contributed by atoms with van der Waals surface area (Å²) in [6, 6.07) is 30.3. The van der Waals surface area contributed by atoms with Gasteiger partial charge in [-0.25, -0.2) is 24.4 Å². The number of carboxylic acid groups (broad SMARTS) is 1. The Morgan fingerprint density at radius 3 is 1.38 bits per heavy atom. The summed E-state index contributed by atoms with van der Waals surface area (Å²) in [4.78, 5) is 55.1. The molecule has 8 aromatic rings. The molecule has 0 spiro atoms. The van der Waals surface area contributed by atoms with E-state index >= 15 is 0 Å². The normalized spacial score (nSPS) is 12.2. The number of hydrogen-bond acceptors (Lipinski definition) is 9. The number of carbonyl (C=O) groups is 4. The number of nitrogens with one attached hydrogen (secondary N) is 1. The lowest BCUT2D eigenvalue weighted by Gasteiger charge is -2.15. The number of methoxy groups -OCH3 is 2. The van der Waals surface area contributed by atoms with Crippen LogP contribution in [0.5, 0.6) is 0 Å². The summed E-state index contributed by atoms with van der Waals surface area (Å²) in [5.74, 6) is -2.31. The molecule has 0 radical (unpaired) electrons. The largest absolute Gasteiger partial charge is 0.476 e. The van der Waals surface area contributed by atoms with Gasteiger partial charge in [-0.05, 0) is 121 Å². The van der Waals surface area contributed by atoms with Crippen LogP contribution in [0.4, 0.5) is 26.3 Å². The van der Waals surface area contributed by atoms with E-state index in [0.29, 0.717) is 51.7 Å². The van der Waals surface area contributed by atoms with Gasteiger partial charge in [0.15, 0.2) is 11.4 Å². The Balaban J connectivity index is 0.000000195. The monoisotopic (exact) mass is 980 g/mol. The van der Waals surface area contributed by atoms with E-state index in [4.69, 9.17) is 10.5 Å². The number of hydrogen-bond donors (Lipinski definition) is 3. The van der Waals surface area contributed by atoms with Crippen LogP contribution >= 0.6 is 0 Å². The van der Waals surface area contributed by atoms with Crippen molar-refractivity contribution in [2.45, 2.75) is 51.1 Å². The summed E-state index contributed by atoms with van der Waals surface area (Å²) in [5, 5.41) is 12.1. The van der Waals surface area contributed by atoms with Gasteiger partial charge in [-0.1, -0.05) is 60.7 Å². The van der Waals surface area contributed by atoms with Crippen molar-refractivity contribution in [1.29, 1.82) is 0 Å². The van der Waals surface area contributed by atoms with Gasteiger partial charge in [-0.15, -0.1) is 0 Å². The number of rotatable bonds is 11. The molecule has 71 heavy (non-hydrogen) atoms. The standard InChI is InChI=1S/C26H22F3N3O3.C16H11F3N2O2.C10H13NO2/c1-16(18-7-9-19(10-8-18)25(34)35-2)31-24(33)22-23-20(4-3-13-32(23)15-30-22)14-17-5-11-21(12-6-17)26(27,28)29;17-16(18,19)12-5-3-10(4-6-12)8-11-2-1-7-21-9-20-13(14(11)21)15(22)23;1-7(11)8-3-5-9(6-4-8)10(12)13-2/h3-13,15-16H,14H2,1-2H3,(H,31,33);1-7,9H,8H2,(H,22,23);3-7H,11H2,1-2H3/t16-;;7-/m0.0/s1. The average Bonchev–Trinajstić information content (AvgIpc) is 4.01. The molecular formula is C52H46F6N6O7. The molecule has 0 fully saturated rings. The first-order valence-electron chi connectivity index (χ1n) is 21.6. The summed E-state index contributed by atoms with van der Waals surface area (Å²) < 4.78 is 88.9. The number of aromatic nitrogens is 4. The van der Waals surface area contributed by atoms with Gasteiger partial charge >= 0.3 is 30.3 Å². The number of nitrogens with zero attached hydrogens (tertiary/aromatic N) is 4. The van der Waals surface area contributed by atoms with Gasteiger partial charge in [0, 0.05) is 18.4 Å². The average molecular weight is 981 g/mol. The lowest BCUT2D eigenvalue weighted by molar-refractivity contribution is -0.138. The highest BCUT2D eigenvalue weighted by Crippen LogP contribution is 2.31. The first-order chi connectivity index (χ1) is 33.7. The molecule has 0 unspecified atom stereocenters. The van der Waals surface area contributed by atoms with Crippen LogP contribution in [0.15, 0.2) is 146 Å². The highest BCUT2D eigenvalue weighted by Gasteiger charge is 2.31. The lowest BCUT2D eigenvalue weighted by atomic mass is 10.0. The van der Waals surface area contributed by atoms with Crippen molar-refractivity contribution in [3.05, 3.63) is 213 Å². The zero-order valence-corrected chi connectivity index (χ0v) is 38.5. The van der Waals surface area contributed by atoms with E-state index in [1.54, 1.807) is 75.8 Å². The van der Waals surface area contributed by atoms with Gasteiger partial charge < -0.3 is 34.4 Å². The fraction of sp³-hybridized carbons (Fsp3) is 0.192. The predicted octanol–water partition coefficient (Wildman–Crippen LogP) is 10.4. The Kier molecular flexibility index (Phi) is 16.4. The molecule has 4 aromatic heterocycles. The van der Waals surface area contributed by atoms with Crippen LogP contribution < -0.4 is 11.1 Å². The first kappa shape index (κ1) is 52.1. The number of alkyl halides is 6. The molecule has 1 amide bonds. The number of esters is 2. The molecule has 0 saturated carbocycles. The minimum Gasteiger partial charge on any atom is -0.476 e. The summed E-state index contributed by atoms with van der Waals surface area (Å²) in [7, 11) is 2.67. The van der Waals surface area contributed by atoms with Crippen LogP contribution in [0.1, 0.15) is 112 Å². The van der Waals surface area contributed by atoms with Crippen molar-refractivity contribution >= 4 is 34.8 Å². The number of ether oxygens (including phenoxy) is 2. The van der Waals surface area contributed by atoms with Crippen molar-refractivity contribution < 1.29 is 60.1 Å². The smallest absolute Gasteiger partial charge is 0.416 e. The molecule has 4 N–H and O–H groups in total. The number of halogens is 6. The number of carbonyl (C=O) groups excluding carboxylic acids is 3. The van der Waals surface area contributed by atoms with E-state index in [9.17, 15) is 50.6 Å².